The molecule has 20 heavy (non-hydrogen) atoms. The number of nitro groups is 1. The van der Waals surface area contributed by atoms with Crippen molar-refractivity contribution in [1.29, 1.82) is 5.26 Å². The van der Waals surface area contributed by atoms with Crippen LogP contribution in [0.5, 0.6) is 0 Å². The quantitative estimate of drug-likeness (QED) is 0.649. The molecule has 1 N–H and O–H groups in total. The molecule has 0 saturated carbocycles. The van der Waals surface area contributed by atoms with E-state index < -0.39 is 4.92 Å². The number of nitriles is 1. The van der Waals surface area contributed by atoms with Crippen LogP contribution in [-0.2, 0) is 0 Å². The van der Waals surface area contributed by atoms with Crippen molar-refractivity contribution in [2.75, 3.05) is 25.0 Å². The highest BCUT2D eigenvalue weighted by Crippen LogP contribution is 2.18. The fourth-order valence-corrected chi connectivity index (χ4v) is 2.34. The Morgan fingerprint density at radius 3 is 2.85 bits per heavy atom. The molecule has 0 bridgehead atoms. The summed E-state index contributed by atoms with van der Waals surface area (Å²) in [6.07, 6.45) is 2.47. The normalized spacial score (nSPS) is 16.6. The van der Waals surface area contributed by atoms with E-state index in [1.807, 2.05) is 0 Å². The van der Waals surface area contributed by atoms with Crippen molar-refractivity contribution in [2.45, 2.75) is 25.8 Å². The van der Waals surface area contributed by atoms with Gasteiger partial charge >= 0.3 is 5.69 Å². The minimum Gasteiger partial charge on any atom is -0.368 e. The van der Waals surface area contributed by atoms with Crippen molar-refractivity contribution in [3.63, 3.8) is 0 Å². The van der Waals surface area contributed by atoms with E-state index in [1.165, 1.54) is 25.0 Å². The van der Waals surface area contributed by atoms with Crippen molar-refractivity contribution in [3.05, 3.63) is 27.9 Å². The fourth-order valence-electron chi connectivity index (χ4n) is 2.34. The fraction of sp³-hybridized carbons (Fsp3) is 0.538. The van der Waals surface area contributed by atoms with Crippen molar-refractivity contribution in [3.8, 4) is 6.07 Å². The summed E-state index contributed by atoms with van der Waals surface area (Å²) in [4.78, 5) is 16.5. The van der Waals surface area contributed by atoms with Crippen LogP contribution in [0.4, 0.5) is 11.5 Å². The van der Waals surface area contributed by atoms with Gasteiger partial charge in [-0.2, -0.15) is 5.26 Å². The van der Waals surface area contributed by atoms with E-state index in [0.29, 0.717) is 18.4 Å². The van der Waals surface area contributed by atoms with Crippen molar-refractivity contribution in [1.82, 2.24) is 9.88 Å². The van der Waals surface area contributed by atoms with Gasteiger partial charge in [0.1, 0.15) is 11.9 Å². The predicted octanol–water partition coefficient (Wildman–Crippen LogP) is 1.76. The number of nitrogens with zero attached hydrogens (tertiary/aromatic N) is 4. The Kier molecular flexibility index (Phi) is 4.48. The van der Waals surface area contributed by atoms with Crippen LogP contribution in [0.1, 0.15) is 25.5 Å². The standard InChI is InChI=1S/C13H17N5O2/c1-10(17-6-2-3-7-17)9-15-13-5-4-12(18(19)20)11(8-14)16-13/h4-5,10H,2-3,6-7,9H2,1H3,(H,15,16). The van der Waals surface area contributed by atoms with Crippen molar-refractivity contribution < 1.29 is 4.92 Å². The minimum absolute atomic E-state index is 0.158. The van der Waals surface area contributed by atoms with Gasteiger partial charge in [-0.3, -0.25) is 15.0 Å². The van der Waals surface area contributed by atoms with Gasteiger partial charge in [0, 0.05) is 18.7 Å². The smallest absolute Gasteiger partial charge is 0.305 e. The van der Waals surface area contributed by atoms with Gasteiger partial charge in [-0.05, 0) is 38.9 Å². The Hall–Kier alpha value is -2.20. The molecule has 1 aliphatic heterocycles. The molecule has 106 valence electrons. The molecule has 0 aliphatic carbocycles. The Bertz CT molecular complexity index is 534. The molecule has 1 aliphatic rings. The molecule has 1 unspecified atom stereocenters. The summed E-state index contributed by atoms with van der Waals surface area (Å²) < 4.78 is 0. The summed E-state index contributed by atoms with van der Waals surface area (Å²) >= 11 is 0. The largest absolute Gasteiger partial charge is 0.368 e. The third-order valence-corrected chi connectivity index (χ3v) is 3.52. The van der Waals surface area contributed by atoms with Crippen LogP contribution in [0.3, 0.4) is 0 Å². The molecule has 1 atom stereocenters. The van der Waals surface area contributed by atoms with Gasteiger partial charge in [0.25, 0.3) is 0 Å². The van der Waals surface area contributed by atoms with Crippen LogP contribution in [0.25, 0.3) is 0 Å². The summed E-state index contributed by atoms with van der Waals surface area (Å²) in [6.45, 7) is 5.06. The first-order valence-corrected chi connectivity index (χ1v) is 6.65. The lowest BCUT2D eigenvalue weighted by Crippen LogP contribution is -2.35. The van der Waals surface area contributed by atoms with Crippen LogP contribution in [-0.4, -0.2) is 40.5 Å². The van der Waals surface area contributed by atoms with Gasteiger partial charge in [-0.25, -0.2) is 4.98 Å². The maximum Gasteiger partial charge on any atom is 0.305 e. The minimum atomic E-state index is -0.595. The second kappa shape index (κ2) is 6.30. The topological polar surface area (TPSA) is 95.1 Å². The van der Waals surface area contributed by atoms with Crippen LogP contribution >= 0.6 is 0 Å². The number of likely N-dealkylation sites (tertiary alicyclic amines) is 1. The highest BCUT2D eigenvalue weighted by atomic mass is 16.6. The van der Waals surface area contributed by atoms with Gasteiger partial charge in [-0.1, -0.05) is 0 Å². The molecule has 0 spiro atoms. The van der Waals surface area contributed by atoms with Crippen LogP contribution < -0.4 is 5.32 Å². The molecule has 1 aromatic heterocycles. The zero-order valence-corrected chi connectivity index (χ0v) is 11.4. The van der Waals surface area contributed by atoms with Crippen LogP contribution in [0.2, 0.25) is 0 Å². The SMILES string of the molecule is CC(CNc1ccc([N+](=O)[O-])c(C#N)n1)N1CCCC1. The second-order valence-corrected chi connectivity index (χ2v) is 4.91. The summed E-state index contributed by atoms with van der Waals surface area (Å²) in [5, 5.41) is 22.7. The van der Waals surface area contributed by atoms with E-state index in [1.54, 1.807) is 6.07 Å². The number of rotatable bonds is 5. The Balaban J connectivity index is 1.99. The van der Waals surface area contributed by atoms with E-state index >= 15 is 0 Å². The van der Waals surface area contributed by atoms with E-state index in [4.69, 9.17) is 5.26 Å². The lowest BCUT2D eigenvalue weighted by Gasteiger charge is -2.24. The van der Waals surface area contributed by atoms with E-state index in [2.05, 4.69) is 22.1 Å². The van der Waals surface area contributed by atoms with Crippen molar-refractivity contribution in [2.24, 2.45) is 0 Å². The van der Waals surface area contributed by atoms with E-state index in [9.17, 15) is 10.1 Å². The average Bonchev–Trinajstić information content (AvgIpc) is 2.98. The van der Waals surface area contributed by atoms with Crippen LogP contribution in [0.15, 0.2) is 12.1 Å². The number of anilines is 1. The summed E-state index contributed by atoms with van der Waals surface area (Å²) in [6, 6.07) is 4.98. The van der Waals surface area contributed by atoms with Gasteiger partial charge in [0.05, 0.1) is 4.92 Å². The number of aromatic nitrogens is 1. The number of hydrogen-bond acceptors (Lipinski definition) is 6. The average molecular weight is 275 g/mol. The summed E-state index contributed by atoms with van der Waals surface area (Å²) in [5.74, 6) is 0.498. The van der Waals surface area contributed by atoms with Gasteiger partial charge in [0.15, 0.2) is 0 Å². The maximum atomic E-state index is 10.7. The van der Waals surface area contributed by atoms with E-state index in [0.717, 1.165) is 13.1 Å². The Labute approximate surface area is 117 Å². The number of hydrogen-bond donors (Lipinski definition) is 1. The van der Waals surface area contributed by atoms with E-state index in [-0.39, 0.29) is 11.4 Å². The van der Waals surface area contributed by atoms with Gasteiger partial charge in [0.2, 0.25) is 5.69 Å². The molecular formula is C13H17N5O2. The number of pyridine rings is 1. The Morgan fingerprint density at radius 2 is 2.25 bits per heavy atom. The molecule has 0 radical (unpaired) electrons. The highest BCUT2D eigenvalue weighted by molar-refractivity contribution is 5.50. The first kappa shape index (κ1) is 14.2. The zero-order chi connectivity index (χ0) is 14.5. The molecule has 0 aromatic carbocycles. The van der Waals surface area contributed by atoms with Gasteiger partial charge in [-0.15, -0.1) is 0 Å². The van der Waals surface area contributed by atoms with Crippen LogP contribution in [0, 0.1) is 21.4 Å². The summed E-state index contributed by atoms with van der Waals surface area (Å²) in [5.41, 5.74) is -0.417. The monoisotopic (exact) mass is 275 g/mol. The lowest BCUT2D eigenvalue weighted by molar-refractivity contribution is -0.385. The first-order chi connectivity index (χ1) is 9.61. The molecule has 1 saturated heterocycles. The number of nitrogens with one attached hydrogen (secondary N) is 1. The first-order valence-electron chi connectivity index (χ1n) is 6.65. The zero-order valence-electron chi connectivity index (χ0n) is 11.4. The molecule has 0 amide bonds. The van der Waals surface area contributed by atoms with Crippen molar-refractivity contribution >= 4 is 11.5 Å². The third kappa shape index (κ3) is 3.22. The molecule has 1 aromatic rings. The molecule has 2 heterocycles. The Morgan fingerprint density at radius 1 is 1.55 bits per heavy atom. The molecular weight excluding hydrogens is 258 g/mol. The predicted molar refractivity (Wildman–Crippen MR) is 74.4 cm³/mol. The lowest BCUT2D eigenvalue weighted by atomic mass is 10.3. The second-order valence-electron chi connectivity index (χ2n) is 4.91. The molecule has 7 nitrogen and oxygen atoms in total. The maximum absolute atomic E-state index is 10.7. The highest BCUT2D eigenvalue weighted by Gasteiger charge is 2.19. The molecule has 1 fully saturated rings. The van der Waals surface area contributed by atoms with Gasteiger partial charge < -0.3 is 5.32 Å². The molecule has 2 rings (SSSR count). The third-order valence-electron chi connectivity index (χ3n) is 3.52. The summed E-state index contributed by atoms with van der Waals surface area (Å²) in [7, 11) is 0. The molecule has 7 heteroatoms.